The van der Waals surface area contributed by atoms with Crippen LogP contribution in [-0.2, 0) is 9.53 Å². The number of hydrogen-bond acceptors (Lipinski definition) is 5. The van der Waals surface area contributed by atoms with E-state index < -0.39 is 6.09 Å². The van der Waals surface area contributed by atoms with Gasteiger partial charge in [-0.3, -0.25) is 10.1 Å². The zero-order chi connectivity index (χ0) is 21.3. The second kappa shape index (κ2) is 8.28. The van der Waals surface area contributed by atoms with Gasteiger partial charge in [0, 0.05) is 27.1 Å². The fourth-order valence-electron chi connectivity index (χ4n) is 3.99. The van der Waals surface area contributed by atoms with Gasteiger partial charge in [-0.25, -0.2) is 4.79 Å². The average Bonchev–Trinajstić information content (AvgIpc) is 3.31. The maximum Gasteiger partial charge on any atom is 0.411 e. The fourth-order valence-corrected chi connectivity index (χ4v) is 4.24. The van der Waals surface area contributed by atoms with Gasteiger partial charge in [-0.2, -0.15) is 0 Å². The third-order valence-corrected chi connectivity index (χ3v) is 6.31. The molecule has 0 spiro atoms. The zero-order valence-corrected chi connectivity index (χ0v) is 17.5. The number of nitrogens with one attached hydrogen (secondary N) is 2. The molecule has 2 fully saturated rings. The first-order valence-corrected chi connectivity index (χ1v) is 10.3. The second-order valence-electron chi connectivity index (χ2n) is 7.77. The second-order valence-corrected chi connectivity index (χ2v) is 8.64. The zero-order valence-electron chi connectivity index (χ0n) is 16.0. The third-order valence-electron chi connectivity index (χ3n) is 5.80. The van der Waals surface area contributed by atoms with Crippen LogP contribution in [-0.4, -0.2) is 30.8 Å². The Morgan fingerprint density at radius 1 is 1.03 bits per heavy atom. The lowest BCUT2D eigenvalue weighted by Crippen LogP contribution is -2.40. The van der Waals surface area contributed by atoms with Crippen LogP contribution in [0.1, 0.15) is 12.8 Å². The molecule has 0 aliphatic heterocycles. The van der Waals surface area contributed by atoms with Crippen molar-refractivity contribution in [3.8, 4) is 5.75 Å². The molecule has 2 aliphatic carbocycles. The molecule has 3 unspecified atom stereocenters. The molecule has 2 saturated carbocycles. The quantitative estimate of drug-likeness (QED) is 0.542. The van der Waals surface area contributed by atoms with E-state index in [0.717, 1.165) is 6.42 Å². The molecule has 0 bridgehead atoms. The van der Waals surface area contributed by atoms with Crippen LogP contribution in [0.2, 0.25) is 10.0 Å². The normalized spacial score (nSPS) is 23.5. The Kier molecular flexibility index (Phi) is 5.71. The molecule has 8 heteroatoms. The minimum Gasteiger partial charge on any atom is -0.485 e. The predicted molar refractivity (Wildman–Crippen MR) is 115 cm³/mol. The van der Waals surface area contributed by atoms with Crippen molar-refractivity contribution in [3.05, 3.63) is 58.6 Å². The summed E-state index contributed by atoms with van der Waals surface area (Å²) in [4.78, 5) is 24.3. The van der Waals surface area contributed by atoms with Crippen molar-refractivity contribution in [1.29, 1.82) is 5.41 Å². The number of hydrogen-bond donors (Lipinski definition) is 2. The Hall–Kier alpha value is -2.57. The predicted octanol–water partition coefficient (Wildman–Crippen LogP) is 5.24. The summed E-state index contributed by atoms with van der Waals surface area (Å²) in [6.45, 7) is 0.118. The number of carbonyl (C=O) groups is 2. The van der Waals surface area contributed by atoms with E-state index >= 15 is 0 Å². The van der Waals surface area contributed by atoms with E-state index in [1.807, 2.05) is 0 Å². The molecule has 2 aliphatic rings. The molecule has 2 aromatic carbocycles. The number of rotatable bonds is 8. The van der Waals surface area contributed by atoms with Gasteiger partial charge in [-0.1, -0.05) is 23.2 Å². The van der Waals surface area contributed by atoms with Crippen LogP contribution in [0.3, 0.4) is 0 Å². The Morgan fingerprint density at radius 3 is 2.30 bits per heavy atom. The number of Topliss-reactive ketones (excluding diaryl/α,β-unsaturated/α-hetero) is 1. The molecule has 0 heterocycles. The van der Waals surface area contributed by atoms with Crippen LogP contribution in [0.25, 0.3) is 0 Å². The van der Waals surface area contributed by atoms with E-state index in [0.29, 0.717) is 27.9 Å². The third kappa shape index (κ3) is 4.45. The van der Waals surface area contributed by atoms with Crippen LogP contribution in [0.4, 0.5) is 10.5 Å². The fraction of sp³-hybridized carbons (Fsp3) is 0.318. The van der Waals surface area contributed by atoms with Crippen LogP contribution < -0.4 is 10.1 Å². The molecular formula is C22H20Cl2N2O4. The number of fused-ring (bicyclic) bond motifs is 1. The summed E-state index contributed by atoms with van der Waals surface area (Å²) >= 11 is 11.6. The number of ketones is 1. The summed E-state index contributed by atoms with van der Waals surface area (Å²) in [5.74, 6) is 0.342. The van der Waals surface area contributed by atoms with Gasteiger partial charge in [-0.05, 0) is 67.3 Å². The van der Waals surface area contributed by atoms with Crippen molar-refractivity contribution in [2.24, 2.45) is 17.3 Å². The number of anilines is 1. The highest BCUT2D eigenvalue weighted by Crippen LogP contribution is 2.71. The van der Waals surface area contributed by atoms with Gasteiger partial charge in [-0.15, -0.1) is 0 Å². The number of halogens is 2. The van der Waals surface area contributed by atoms with Gasteiger partial charge >= 0.3 is 6.09 Å². The summed E-state index contributed by atoms with van der Waals surface area (Å²) in [7, 11) is 0. The first-order valence-electron chi connectivity index (χ1n) is 9.56. The molecule has 0 saturated heterocycles. The number of ether oxygens (including phenoxy) is 2. The van der Waals surface area contributed by atoms with Gasteiger partial charge < -0.3 is 14.9 Å². The standard InChI is InChI=1S/C22H20Cl2N2O4/c23-13-1-5-15(6-2-13)26-21(28)30-12-22-9-17(18(22)10-22)20(25)19(27)11-29-16-7-3-14(24)4-8-16/h1-8,17-18,25H,9-12H2,(H,26,28). The van der Waals surface area contributed by atoms with Crippen LogP contribution >= 0.6 is 23.2 Å². The molecule has 4 rings (SSSR count). The van der Waals surface area contributed by atoms with Crippen molar-refractivity contribution in [1.82, 2.24) is 0 Å². The van der Waals surface area contributed by atoms with Crippen LogP contribution in [0.15, 0.2) is 48.5 Å². The van der Waals surface area contributed by atoms with Crippen molar-refractivity contribution in [2.45, 2.75) is 12.8 Å². The Labute approximate surface area is 184 Å². The highest BCUT2D eigenvalue weighted by molar-refractivity contribution is 6.40. The largest absolute Gasteiger partial charge is 0.485 e. The van der Waals surface area contributed by atoms with Gasteiger partial charge in [0.2, 0.25) is 5.78 Å². The average molecular weight is 447 g/mol. The van der Waals surface area contributed by atoms with Crippen molar-refractivity contribution >= 4 is 46.5 Å². The summed E-state index contributed by atoms with van der Waals surface area (Å²) < 4.78 is 10.8. The first kappa shape index (κ1) is 20.7. The van der Waals surface area contributed by atoms with Crippen LogP contribution in [0.5, 0.6) is 5.75 Å². The topological polar surface area (TPSA) is 88.5 Å². The van der Waals surface area contributed by atoms with Gasteiger partial charge in [0.25, 0.3) is 0 Å². The molecule has 2 N–H and O–H groups in total. The van der Waals surface area contributed by atoms with Crippen molar-refractivity contribution in [3.63, 3.8) is 0 Å². The van der Waals surface area contributed by atoms with E-state index in [-0.39, 0.29) is 42.0 Å². The monoisotopic (exact) mass is 446 g/mol. The summed E-state index contributed by atoms with van der Waals surface area (Å²) in [6.07, 6.45) is 1.01. The van der Waals surface area contributed by atoms with E-state index in [2.05, 4.69) is 5.32 Å². The minimum atomic E-state index is -0.525. The number of carbonyl (C=O) groups excluding carboxylic acids is 2. The smallest absolute Gasteiger partial charge is 0.411 e. The molecule has 0 radical (unpaired) electrons. The number of benzene rings is 2. The molecule has 3 atom stereocenters. The lowest BCUT2D eigenvalue weighted by atomic mass is 9.72. The van der Waals surface area contributed by atoms with Crippen molar-refractivity contribution < 1.29 is 19.1 Å². The summed E-state index contributed by atoms with van der Waals surface area (Å²) in [5.41, 5.74) is 0.604. The number of amides is 1. The van der Waals surface area contributed by atoms with E-state index in [9.17, 15) is 9.59 Å². The Morgan fingerprint density at radius 2 is 1.67 bits per heavy atom. The Balaban J connectivity index is 1.19. The van der Waals surface area contributed by atoms with Crippen LogP contribution in [0, 0.1) is 22.7 Å². The van der Waals surface area contributed by atoms with Crippen molar-refractivity contribution in [2.75, 3.05) is 18.5 Å². The molecule has 2 aromatic rings. The first-order chi connectivity index (χ1) is 14.4. The van der Waals surface area contributed by atoms with E-state index in [4.69, 9.17) is 38.1 Å². The SMILES string of the molecule is N=C(C(=O)COc1ccc(Cl)cc1)C1CC2(COC(=O)Nc3ccc(Cl)cc3)CC12. The maximum atomic E-state index is 12.3. The van der Waals surface area contributed by atoms with Gasteiger partial charge in [0.05, 0.1) is 12.3 Å². The lowest BCUT2D eigenvalue weighted by molar-refractivity contribution is -0.115. The highest BCUT2D eigenvalue weighted by atomic mass is 35.5. The van der Waals surface area contributed by atoms with Gasteiger partial charge in [0.15, 0.2) is 6.61 Å². The lowest BCUT2D eigenvalue weighted by Gasteiger charge is -2.34. The minimum absolute atomic E-state index is 0.0887. The molecule has 6 nitrogen and oxygen atoms in total. The van der Waals surface area contributed by atoms with E-state index in [1.54, 1.807) is 48.5 Å². The molecule has 30 heavy (non-hydrogen) atoms. The van der Waals surface area contributed by atoms with E-state index in [1.165, 1.54) is 0 Å². The molecule has 1 amide bonds. The molecular weight excluding hydrogens is 427 g/mol. The highest BCUT2D eigenvalue weighted by Gasteiger charge is 2.69. The molecule has 0 aromatic heterocycles. The summed E-state index contributed by atoms with van der Waals surface area (Å²) in [6, 6.07) is 13.5. The molecule has 156 valence electrons. The summed E-state index contributed by atoms with van der Waals surface area (Å²) in [5, 5.41) is 12.0. The Bertz CT molecular complexity index is 978. The maximum absolute atomic E-state index is 12.3. The van der Waals surface area contributed by atoms with Gasteiger partial charge in [0.1, 0.15) is 5.75 Å².